The lowest BCUT2D eigenvalue weighted by molar-refractivity contribution is 0.0486. The zero-order chi connectivity index (χ0) is 11.5. The zero-order valence-corrected chi connectivity index (χ0v) is 9.64. The van der Waals surface area contributed by atoms with E-state index in [1.165, 1.54) is 0 Å². The van der Waals surface area contributed by atoms with Gasteiger partial charge >= 0.3 is 0 Å². The van der Waals surface area contributed by atoms with Gasteiger partial charge < -0.3 is 9.47 Å². The summed E-state index contributed by atoms with van der Waals surface area (Å²) in [4.78, 5) is 0. The van der Waals surface area contributed by atoms with Crippen LogP contribution >= 0.6 is 0 Å². The summed E-state index contributed by atoms with van der Waals surface area (Å²) in [6.45, 7) is 4.74. The molecule has 0 aliphatic carbocycles. The van der Waals surface area contributed by atoms with Gasteiger partial charge in [-0.05, 0) is 18.1 Å². The normalized spacial score (nSPS) is 20.9. The maximum atomic E-state index is 5.88. The molecule has 2 rings (SSSR count). The lowest BCUT2D eigenvalue weighted by Crippen LogP contribution is -2.53. The second-order valence-electron chi connectivity index (χ2n) is 4.35. The molecule has 0 amide bonds. The number of hydrazine groups is 1. The number of hydrogen-bond donors (Lipinski definition) is 2. The maximum absolute atomic E-state index is 5.88. The van der Waals surface area contributed by atoms with E-state index in [0.717, 1.165) is 11.5 Å². The minimum Gasteiger partial charge on any atom is -0.486 e. The minimum absolute atomic E-state index is 0.0418. The van der Waals surface area contributed by atoms with E-state index < -0.39 is 0 Å². The van der Waals surface area contributed by atoms with E-state index in [2.05, 4.69) is 19.3 Å². The van der Waals surface area contributed by atoms with Crippen LogP contribution in [0.3, 0.4) is 0 Å². The summed E-state index contributed by atoms with van der Waals surface area (Å²) in [7, 11) is 0. The van der Waals surface area contributed by atoms with Crippen molar-refractivity contribution in [2.75, 3.05) is 6.61 Å². The molecular formula is C12H18N2O2. The molecule has 4 nitrogen and oxygen atoms in total. The van der Waals surface area contributed by atoms with Gasteiger partial charge in [-0.25, -0.2) is 0 Å². The first kappa shape index (κ1) is 11.2. The Balaban J connectivity index is 2.12. The molecule has 0 saturated heterocycles. The van der Waals surface area contributed by atoms with Gasteiger partial charge in [-0.3, -0.25) is 11.3 Å². The Labute approximate surface area is 95.7 Å². The molecule has 3 N–H and O–H groups in total. The first-order chi connectivity index (χ1) is 7.72. The summed E-state index contributed by atoms with van der Waals surface area (Å²) in [5.41, 5.74) is 2.80. The van der Waals surface area contributed by atoms with Crippen molar-refractivity contribution < 1.29 is 9.47 Å². The zero-order valence-electron chi connectivity index (χ0n) is 9.64. The molecule has 2 atom stereocenters. The van der Waals surface area contributed by atoms with Gasteiger partial charge in [-0.2, -0.15) is 0 Å². The molecule has 0 fully saturated rings. The highest BCUT2D eigenvalue weighted by Crippen LogP contribution is 2.32. The molecule has 0 saturated carbocycles. The highest BCUT2D eigenvalue weighted by atomic mass is 16.6. The van der Waals surface area contributed by atoms with Crippen LogP contribution in [0.1, 0.15) is 13.8 Å². The standard InChI is InChI=1S/C12H18N2O2/c1-8(2)12(14-13)11-7-15-9-5-3-4-6-10(9)16-11/h3-6,8,11-12,14H,7,13H2,1-2H3. The Kier molecular flexibility index (Phi) is 3.31. The molecule has 1 aromatic rings. The fourth-order valence-corrected chi connectivity index (χ4v) is 1.94. The van der Waals surface area contributed by atoms with Gasteiger partial charge in [0.2, 0.25) is 0 Å². The van der Waals surface area contributed by atoms with Gasteiger partial charge in [0.05, 0.1) is 6.04 Å². The molecule has 1 aliphatic rings. The smallest absolute Gasteiger partial charge is 0.161 e. The number of hydrogen-bond acceptors (Lipinski definition) is 4. The minimum atomic E-state index is -0.0418. The van der Waals surface area contributed by atoms with Gasteiger partial charge in [0, 0.05) is 0 Å². The van der Waals surface area contributed by atoms with Crippen LogP contribution < -0.4 is 20.7 Å². The van der Waals surface area contributed by atoms with E-state index in [9.17, 15) is 0 Å². The van der Waals surface area contributed by atoms with Crippen molar-refractivity contribution in [3.8, 4) is 11.5 Å². The van der Waals surface area contributed by atoms with Crippen molar-refractivity contribution in [1.29, 1.82) is 0 Å². The Hall–Kier alpha value is -1.26. The van der Waals surface area contributed by atoms with Gasteiger partial charge in [0.25, 0.3) is 0 Å². The van der Waals surface area contributed by atoms with Crippen molar-refractivity contribution in [2.24, 2.45) is 11.8 Å². The quantitative estimate of drug-likeness (QED) is 0.598. The molecule has 1 heterocycles. The van der Waals surface area contributed by atoms with E-state index in [-0.39, 0.29) is 12.1 Å². The largest absolute Gasteiger partial charge is 0.486 e. The van der Waals surface area contributed by atoms with Crippen molar-refractivity contribution in [3.05, 3.63) is 24.3 Å². The molecule has 0 spiro atoms. The van der Waals surface area contributed by atoms with Crippen molar-refractivity contribution in [3.63, 3.8) is 0 Å². The molecular weight excluding hydrogens is 204 g/mol. The monoisotopic (exact) mass is 222 g/mol. The number of fused-ring (bicyclic) bond motifs is 1. The summed E-state index contributed by atoms with van der Waals surface area (Å²) in [6, 6.07) is 7.78. The summed E-state index contributed by atoms with van der Waals surface area (Å²) in [5, 5.41) is 0. The van der Waals surface area contributed by atoms with Gasteiger partial charge in [-0.15, -0.1) is 0 Å². The Bertz CT molecular complexity index is 355. The van der Waals surface area contributed by atoms with Crippen molar-refractivity contribution >= 4 is 0 Å². The SMILES string of the molecule is CC(C)C(NN)C1COc2ccccc2O1. The highest BCUT2D eigenvalue weighted by molar-refractivity contribution is 5.40. The molecule has 1 aliphatic heterocycles. The molecule has 4 heteroatoms. The van der Waals surface area contributed by atoms with Gasteiger partial charge in [-0.1, -0.05) is 26.0 Å². The number of benzene rings is 1. The van der Waals surface area contributed by atoms with Crippen molar-refractivity contribution in [2.45, 2.75) is 26.0 Å². The van der Waals surface area contributed by atoms with Crippen LogP contribution in [0.5, 0.6) is 11.5 Å². The second-order valence-corrected chi connectivity index (χ2v) is 4.35. The highest BCUT2D eigenvalue weighted by Gasteiger charge is 2.30. The average Bonchev–Trinajstić information content (AvgIpc) is 2.29. The van der Waals surface area contributed by atoms with E-state index in [4.69, 9.17) is 15.3 Å². The number of para-hydroxylation sites is 2. The third-order valence-corrected chi connectivity index (χ3v) is 2.84. The van der Waals surface area contributed by atoms with E-state index in [1.54, 1.807) is 0 Å². The van der Waals surface area contributed by atoms with Crippen LogP contribution in [-0.4, -0.2) is 18.8 Å². The van der Waals surface area contributed by atoms with Gasteiger partial charge in [0.1, 0.15) is 12.7 Å². The Morgan fingerprint density at radius 1 is 1.31 bits per heavy atom. The molecule has 0 bridgehead atoms. The van der Waals surface area contributed by atoms with Crippen molar-refractivity contribution in [1.82, 2.24) is 5.43 Å². The lowest BCUT2D eigenvalue weighted by atomic mass is 9.99. The molecule has 1 aromatic carbocycles. The second kappa shape index (κ2) is 4.72. The predicted octanol–water partition coefficient (Wildman–Crippen LogP) is 1.31. The fraction of sp³-hybridized carbons (Fsp3) is 0.500. The molecule has 88 valence electrons. The molecule has 0 aromatic heterocycles. The van der Waals surface area contributed by atoms with Crippen LogP contribution in [0.2, 0.25) is 0 Å². The van der Waals surface area contributed by atoms with Crippen LogP contribution in [0.25, 0.3) is 0 Å². The number of nitrogens with two attached hydrogens (primary N) is 1. The lowest BCUT2D eigenvalue weighted by Gasteiger charge is -2.33. The molecule has 16 heavy (non-hydrogen) atoms. The number of rotatable bonds is 3. The fourth-order valence-electron chi connectivity index (χ4n) is 1.94. The van der Waals surface area contributed by atoms with E-state index in [0.29, 0.717) is 12.5 Å². The molecule has 0 radical (unpaired) electrons. The first-order valence-electron chi connectivity index (χ1n) is 5.57. The van der Waals surface area contributed by atoms with Crippen LogP contribution in [-0.2, 0) is 0 Å². The third-order valence-electron chi connectivity index (χ3n) is 2.84. The number of nitrogens with one attached hydrogen (secondary N) is 1. The average molecular weight is 222 g/mol. The Morgan fingerprint density at radius 2 is 2.00 bits per heavy atom. The third kappa shape index (κ3) is 2.13. The van der Waals surface area contributed by atoms with E-state index in [1.807, 2.05) is 24.3 Å². The van der Waals surface area contributed by atoms with Crippen LogP contribution in [0, 0.1) is 5.92 Å². The first-order valence-corrected chi connectivity index (χ1v) is 5.57. The summed E-state index contributed by atoms with van der Waals surface area (Å²) in [6.07, 6.45) is -0.0418. The summed E-state index contributed by atoms with van der Waals surface area (Å²) >= 11 is 0. The summed E-state index contributed by atoms with van der Waals surface area (Å²) < 4.78 is 11.5. The van der Waals surface area contributed by atoms with E-state index >= 15 is 0 Å². The van der Waals surface area contributed by atoms with Gasteiger partial charge in [0.15, 0.2) is 11.5 Å². The van der Waals surface area contributed by atoms with Crippen LogP contribution in [0.4, 0.5) is 0 Å². The van der Waals surface area contributed by atoms with Crippen LogP contribution in [0.15, 0.2) is 24.3 Å². The maximum Gasteiger partial charge on any atom is 0.161 e. The Morgan fingerprint density at radius 3 is 2.62 bits per heavy atom. The number of ether oxygens (including phenoxy) is 2. The summed E-state index contributed by atoms with van der Waals surface area (Å²) in [5.74, 6) is 7.53. The topological polar surface area (TPSA) is 56.5 Å². The molecule has 2 unspecified atom stereocenters. The predicted molar refractivity (Wildman–Crippen MR) is 62.3 cm³/mol.